The van der Waals surface area contributed by atoms with Crippen LogP contribution in [0.2, 0.25) is 0 Å². The molecule has 2 aromatic rings. The fourth-order valence-corrected chi connectivity index (χ4v) is 4.68. The van der Waals surface area contributed by atoms with Gasteiger partial charge in [0.25, 0.3) is 0 Å². The number of rotatable bonds is 3. The molecule has 146 valence electrons. The van der Waals surface area contributed by atoms with Crippen LogP contribution in [0, 0.1) is 11.2 Å². The molecule has 2 amide bonds. The number of aromatic nitrogens is 1. The molecular formula is C19H24ClFN4OS. The van der Waals surface area contributed by atoms with E-state index < -0.39 is 0 Å². The van der Waals surface area contributed by atoms with Crippen molar-refractivity contribution < 1.29 is 9.18 Å². The first-order valence-corrected chi connectivity index (χ1v) is 9.95. The Bertz CT molecular complexity index is 776. The van der Waals surface area contributed by atoms with Gasteiger partial charge in [-0.25, -0.2) is 14.2 Å². The smallest absolute Gasteiger partial charge is 0.317 e. The zero-order valence-electron chi connectivity index (χ0n) is 15.0. The van der Waals surface area contributed by atoms with Gasteiger partial charge in [0, 0.05) is 36.0 Å². The summed E-state index contributed by atoms with van der Waals surface area (Å²) in [4.78, 5) is 19.1. The van der Waals surface area contributed by atoms with Gasteiger partial charge in [-0.2, -0.15) is 0 Å². The van der Waals surface area contributed by atoms with Crippen molar-refractivity contribution in [1.82, 2.24) is 20.5 Å². The summed E-state index contributed by atoms with van der Waals surface area (Å²) in [6.45, 7) is 4.16. The zero-order valence-corrected chi connectivity index (χ0v) is 16.7. The Morgan fingerprint density at radius 1 is 1.33 bits per heavy atom. The molecule has 8 heteroatoms. The van der Waals surface area contributed by atoms with Crippen LogP contribution in [0.15, 0.2) is 29.6 Å². The minimum absolute atomic E-state index is 0. The number of carbonyl (C=O) groups excluding carboxylic acids is 1. The molecule has 2 N–H and O–H groups in total. The van der Waals surface area contributed by atoms with E-state index in [0.717, 1.165) is 55.3 Å². The Morgan fingerprint density at radius 2 is 2.15 bits per heavy atom. The second-order valence-electron chi connectivity index (χ2n) is 7.24. The van der Waals surface area contributed by atoms with Gasteiger partial charge < -0.3 is 15.5 Å². The molecule has 2 aliphatic rings. The summed E-state index contributed by atoms with van der Waals surface area (Å²) in [5.41, 5.74) is 1.96. The lowest BCUT2D eigenvalue weighted by Crippen LogP contribution is -2.50. The molecule has 1 unspecified atom stereocenters. The predicted octanol–water partition coefficient (Wildman–Crippen LogP) is 3.66. The van der Waals surface area contributed by atoms with Crippen LogP contribution in [-0.4, -0.2) is 42.1 Å². The largest absolute Gasteiger partial charge is 0.331 e. The maximum Gasteiger partial charge on any atom is 0.317 e. The first-order chi connectivity index (χ1) is 12.6. The number of benzene rings is 1. The predicted molar refractivity (Wildman–Crippen MR) is 108 cm³/mol. The van der Waals surface area contributed by atoms with E-state index in [-0.39, 0.29) is 29.7 Å². The van der Waals surface area contributed by atoms with Gasteiger partial charge in [0.2, 0.25) is 0 Å². The lowest BCUT2D eigenvalue weighted by molar-refractivity contribution is 0.118. The van der Waals surface area contributed by atoms with E-state index in [1.807, 2.05) is 10.3 Å². The van der Waals surface area contributed by atoms with E-state index in [4.69, 9.17) is 0 Å². The van der Waals surface area contributed by atoms with E-state index >= 15 is 0 Å². The third-order valence-corrected chi connectivity index (χ3v) is 6.21. The molecule has 0 radical (unpaired) electrons. The minimum Gasteiger partial charge on any atom is -0.331 e. The van der Waals surface area contributed by atoms with Crippen LogP contribution >= 0.6 is 23.7 Å². The van der Waals surface area contributed by atoms with Gasteiger partial charge in [-0.15, -0.1) is 23.7 Å². The van der Waals surface area contributed by atoms with Gasteiger partial charge in [0.15, 0.2) is 0 Å². The molecule has 1 aromatic heterocycles. The van der Waals surface area contributed by atoms with Crippen molar-refractivity contribution in [3.8, 4) is 11.3 Å². The van der Waals surface area contributed by atoms with Gasteiger partial charge in [-0.3, -0.25) is 0 Å². The number of hydrogen-bond donors (Lipinski definition) is 2. The third-order valence-electron chi connectivity index (χ3n) is 5.36. The van der Waals surface area contributed by atoms with Crippen molar-refractivity contribution in [3.05, 3.63) is 40.5 Å². The normalized spacial score (nSPS) is 21.9. The number of nitrogens with one attached hydrogen (secondary N) is 2. The maximum atomic E-state index is 13.0. The summed E-state index contributed by atoms with van der Waals surface area (Å²) in [5.74, 6) is -0.256. The molecule has 0 bridgehead atoms. The lowest BCUT2D eigenvalue weighted by Gasteiger charge is -2.39. The van der Waals surface area contributed by atoms with Crippen molar-refractivity contribution >= 4 is 29.8 Å². The number of thiazole rings is 1. The Hall–Kier alpha value is -1.70. The molecule has 27 heavy (non-hydrogen) atoms. The summed E-state index contributed by atoms with van der Waals surface area (Å²) in [6.07, 6.45) is 3.43. The molecule has 2 fully saturated rings. The van der Waals surface area contributed by atoms with Crippen molar-refractivity contribution in [3.63, 3.8) is 0 Å². The van der Waals surface area contributed by atoms with Crippen LogP contribution in [0.25, 0.3) is 11.3 Å². The molecule has 5 nitrogen and oxygen atoms in total. The first kappa shape index (κ1) is 20.0. The van der Waals surface area contributed by atoms with Crippen molar-refractivity contribution in [2.75, 3.05) is 26.2 Å². The highest BCUT2D eigenvalue weighted by Crippen LogP contribution is 2.35. The van der Waals surface area contributed by atoms with Crippen LogP contribution in [0.3, 0.4) is 0 Å². The summed E-state index contributed by atoms with van der Waals surface area (Å²) in [7, 11) is 0. The lowest BCUT2D eigenvalue weighted by atomic mass is 9.79. The van der Waals surface area contributed by atoms with Crippen molar-refractivity contribution in [1.29, 1.82) is 0 Å². The second kappa shape index (κ2) is 8.54. The van der Waals surface area contributed by atoms with E-state index in [1.54, 1.807) is 12.1 Å². The van der Waals surface area contributed by atoms with Crippen LogP contribution in [-0.2, 0) is 6.54 Å². The number of hydrogen-bond acceptors (Lipinski definition) is 4. The fraction of sp³-hybridized carbons (Fsp3) is 0.474. The molecule has 0 aliphatic carbocycles. The highest BCUT2D eigenvalue weighted by molar-refractivity contribution is 7.09. The SMILES string of the molecule is Cl.O=C(NCc1nc(-c2ccc(F)cc2)cs1)N1CCCC2(CCNC2)C1. The maximum absolute atomic E-state index is 13.0. The summed E-state index contributed by atoms with van der Waals surface area (Å²) in [6, 6.07) is 6.29. The quantitative estimate of drug-likeness (QED) is 0.811. The number of nitrogens with zero attached hydrogens (tertiary/aromatic N) is 2. The van der Waals surface area contributed by atoms with Crippen LogP contribution in [0.1, 0.15) is 24.3 Å². The van der Waals surface area contributed by atoms with Crippen molar-refractivity contribution in [2.45, 2.75) is 25.8 Å². The molecular weight excluding hydrogens is 387 g/mol. The Labute approximate surface area is 168 Å². The van der Waals surface area contributed by atoms with Crippen molar-refractivity contribution in [2.24, 2.45) is 5.41 Å². The molecule has 1 atom stereocenters. The van der Waals surface area contributed by atoms with Gasteiger partial charge in [0.05, 0.1) is 12.2 Å². The highest BCUT2D eigenvalue weighted by atomic mass is 35.5. The number of likely N-dealkylation sites (tertiary alicyclic amines) is 1. The molecule has 2 aliphatic heterocycles. The van der Waals surface area contributed by atoms with Crippen LogP contribution in [0.4, 0.5) is 9.18 Å². The number of urea groups is 1. The van der Waals surface area contributed by atoms with E-state index in [1.165, 1.54) is 29.9 Å². The summed E-state index contributed by atoms with van der Waals surface area (Å²) in [5, 5.41) is 9.23. The molecule has 1 aromatic carbocycles. The Morgan fingerprint density at radius 3 is 2.89 bits per heavy atom. The average Bonchev–Trinajstić information content (AvgIpc) is 3.30. The van der Waals surface area contributed by atoms with E-state index in [9.17, 15) is 9.18 Å². The Balaban J connectivity index is 0.00000210. The molecule has 3 heterocycles. The molecule has 4 rings (SSSR count). The topological polar surface area (TPSA) is 57.3 Å². The first-order valence-electron chi connectivity index (χ1n) is 9.07. The van der Waals surface area contributed by atoms with Gasteiger partial charge in [-0.1, -0.05) is 0 Å². The Kier molecular flexibility index (Phi) is 6.34. The number of amides is 2. The van der Waals surface area contributed by atoms with E-state index in [0.29, 0.717) is 6.54 Å². The molecule has 2 saturated heterocycles. The van der Waals surface area contributed by atoms with Crippen LogP contribution < -0.4 is 10.6 Å². The minimum atomic E-state index is -0.256. The van der Waals surface area contributed by atoms with Crippen LogP contribution in [0.5, 0.6) is 0 Å². The van der Waals surface area contributed by atoms with Gasteiger partial charge >= 0.3 is 6.03 Å². The number of carbonyl (C=O) groups is 1. The number of piperidine rings is 1. The monoisotopic (exact) mass is 410 g/mol. The second-order valence-corrected chi connectivity index (χ2v) is 8.19. The highest BCUT2D eigenvalue weighted by Gasteiger charge is 2.39. The van der Waals surface area contributed by atoms with E-state index in [2.05, 4.69) is 15.6 Å². The zero-order chi connectivity index (χ0) is 18.0. The van der Waals surface area contributed by atoms with Gasteiger partial charge in [-0.05, 0) is 50.1 Å². The fourth-order valence-electron chi connectivity index (χ4n) is 3.93. The average molecular weight is 411 g/mol. The summed E-state index contributed by atoms with van der Waals surface area (Å²) >= 11 is 1.51. The van der Waals surface area contributed by atoms with Gasteiger partial charge in [0.1, 0.15) is 10.8 Å². The third kappa shape index (κ3) is 4.59. The number of halogens is 2. The molecule has 1 spiro atoms. The summed E-state index contributed by atoms with van der Waals surface area (Å²) < 4.78 is 13.0. The molecule has 0 saturated carbocycles. The standard InChI is InChI=1S/C19H23FN4OS.ClH/c20-15-4-2-14(3-5-15)16-11-26-17(23-16)10-22-18(25)24-9-1-6-19(13-24)7-8-21-12-19;/h2-5,11,21H,1,6-10,12-13H2,(H,22,25);1H.